The van der Waals surface area contributed by atoms with Gasteiger partial charge in [-0.3, -0.25) is 0 Å². The van der Waals surface area contributed by atoms with Crippen LogP contribution in [-0.4, -0.2) is 36.6 Å². The van der Waals surface area contributed by atoms with E-state index in [4.69, 9.17) is 0 Å². The Morgan fingerprint density at radius 3 is 2.39 bits per heavy atom. The first-order valence-corrected chi connectivity index (χ1v) is 8.48. The summed E-state index contributed by atoms with van der Waals surface area (Å²) in [5.41, 5.74) is 5.27. The lowest BCUT2D eigenvalue weighted by atomic mass is 9.86. The predicted molar refractivity (Wildman–Crippen MR) is 95.2 cm³/mol. The molecule has 1 aromatic heterocycles. The Kier molecular flexibility index (Phi) is 3.29. The molecule has 0 spiro atoms. The Hall–Kier alpha value is -2.10. The van der Waals surface area contributed by atoms with E-state index in [-0.39, 0.29) is 5.41 Å². The summed E-state index contributed by atoms with van der Waals surface area (Å²) in [5, 5.41) is 0. The Balaban J connectivity index is 1.65. The lowest BCUT2D eigenvalue weighted by molar-refractivity contribution is 0.563. The summed E-state index contributed by atoms with van der Waals surface area (Å²) in [6, 6.07) is 6.74. The summed E-state index contributed by atoms with van der Waals surface area (Å²) in [7, 11) is 2.17. The fraction of sp³-hybridized carbons (Fsp3) is 0.474. The van der Waals surface area contributed by atoms with Crippen molar-refractivity contribution in [2.45, 2.75) is 32.1 Å². The second kappa shape index (κ2) is 5.22. The van der Waals surface area contributed by atoms with E-state index in [1.165, 1.54) is 29.7 Å². The second-order valence-corrected chi connectivity index (χ2v) is 7.44. The quantitative estimate of drug-likeness (QED) is 0.850. The van der Waals surface area contributed by atoms with Crippen molar-refractivity contribution in [1.82, 2.24) is 9.97 Å². The van der Waals surface area contributed by atoms with Gasteiger partial charge in [-0.2, -0.15) is 0 Å². The molecule has 4 rings (SSSR count). The highest BCUT2D eigenvalue weighted by Gasteiger charge is 2.33. The summed E-state index contributed by atoms with van der Waals surface area (Å²) in [5.74, 6) is 0.866. The molecule has 2 aliphatic rings. The number of aromatic nitrogens is 2. The molecule has 0 N–H and O–H groups in total. The number of likely N-dealkylation sites (N-methyl/N-ethyl adjacent to an activating group) is 1. The van der Waals surface area contributed by atoms with Gasteiger partial charge in [0.1, 0.15) is 0 Å². The first kappa shape index (κ1) is 14.5. The molecule has 0 radical (unpaired) electrons. The molecule has 0 aliphatic carbocycles. The summed E-state index contributed by atoms with van der Waals surface area (Å²) >= 11 is 0. The van der Waals surface area contributed by atoms with Crippen LogP contribution in [0.4, 0.5) is 11.6 Å². The Morgan fingerprint density at radius 2 is 1.70 bits per heavy atom. The van der Waals surface area contributed by atoms with Gasteiger partial charge in [0.2, 0.25) is 5.95 Å². The Bertz CT molecular complexity index is 715. The standard InChI is InChI=1S/C19H24N4/c1-19(2)13-22(3)17-10-14(6-7-16(17)19)15-11-20-18(21-12-15)23-8-4-5-9-23/h6-7,10-12H,4-5,8-9,13H2,1-3H3. The average molecular weight is 308 g/mol. The van der Waals surface area contributed by atoms with Gasteiger partial charge in [0, 0.05) is 55.7 Å². The molecule has 23 heavy (non-hydrogen) atoms. The van der Waals surface area contributed by atoms with Crippen LogP contribution in [0.15, 0.2) is 30.6 Å². The third-order valence-electron chi connectivity index (χ3n) is 5.13. The molecule has 4 nitrogen and oxygen atoms in total. The third kappa shape index (κ3) is 2.46. The zero-order valence-corrected chi connectivity index (χ0v) is 14.2. The van der Waals surface area contributed by atoms with E-state index < -0.39 is 0 Å². The summed E-state index contributed by atoms with van der Waals surface area (Å²) < 4.78 is 0. The normalized spacial score (nSPS) is 19.3. The molecule has 1 fully saturated rings. The van der Waals surface area contributed by atoms with Crippen molar-refractivity contribution in [3.8, 4) is 11.1 Å². The van der Waals surface area contributed by atoms with Gasteiger partial charge in [0.05, 0.1) is 0 Å². The molecule has 4 heteroatoms. The molecule has 120 valence electrons. The molecule has 0 saturated carbocycles. The van der Waals surface area contributed by atoms with Gasteiger partial charge in [-0.05, 0) is 30.0 Å². The summed E-state index contributed by atoms with van der Waals surface area (Å²) in [6.07, 6.45) is 6.42. The summed E-state index contributed by atoms with van der Waals surface area (Å²) in [4.78, 5) is 13.8. The first-order valence-electron chi connectivity index (χ1n) is 8.48. The van der Waals surface area contributed by atoms with Crippen LogP contribution in [0.3, 0.4) is 0 Å². The molecule has 0 amide bonds. The van der Waals surface area contributed by atoms with Crippen molar-refractivity contribution < 1.29 is 0 Å². The number of hydrogen-bond donors (Lipinski definition) is 0. The van der Waals surface area contributed by atoms with Gasteiger partial charge in [-0.15, -0.1) is 0 Å². The van der Waals surface area contributed by atoms with Crippen LogP contribution >= 0.6 is 0 Å². The number of benzene rings is 1. The number of hydrogen-bond acceptors (Lipinski definition) is 4. The number of anilines is 2. The van der Waals surface area contributed by atoms with E-state index in [0.29, 0.717) is 0 Å². The maximum atomic E-state index is 4.58. The molecular formula is C19H24N4. The van der Waals surface area contributed by atoms with E-state index in [0.717, 1.165) is 31.1 Å². The molecule has 2 aliphatic heterocycles. The van der Waals surface area contributed by atoms with E-state index in [2.05, 4.69) is 58.9 Å². The minimum absolute atomic E-state index is 0.221. The smallest absolute Gasteiger partial charge is 0.225 e. The van der Waals surface area contributed by atoms with Crippen LogP contribution in [0.2, 0.25) is 0 Å². The van der Waals surface area contributed by atoms with Gasteiger partial charge in [0.25, 0.3) is 0 Å². The van der Waals surface area contributed by atoms with Crippen molar-refractivity contribution >= 4 is 11.6 Å². The first-order chi connectivity index (χ1) is 11.0. The van der Waals surface area contributed by atoms with E-state index in [1.807, 2.05) is 12.4 Å². The van der Waals surface area contributed by atoms with E-state index >= 15 is 0 Å². The van der Waals surface area contributed by atoms with Gasteiger partial charge < -0.3 is 9.80 Å². The number of fused-ring (bicyclic) bond motifs is 1. The molecule has 2 aromatic rings. The van der Waals surface area contributed by atoms with Crippen molar-refractivity contribution in [3.63, 3.8) is 0 Å². The van der Waals surface area contributed by atoms with Crippen molar-refractivity contribution in [2.24, 2.45) is 0 Å². The fourth-order valence-electron chi connectivity index (χ4n) is 3.91. The van der Waals surface area contributed by atoms with Crippen LogP contribution in [-0.2, 0) is 5.41 Å². The number of nitrogens with zero attached hydrogens (tertiary/aromatic N) is 4. The monoisotopic (exact) mass is 308 g/mol. The van der Waals surface area contributed by atoms with Crippen LogP contribution in [0.5, 0.6) is 0 Å². The highest BCUT2D eigenvalue weighted by Crippen LogP contribution is 2.41. The Labute approximate surface area is 138 Å². The molecule has 1 saturated heterocycles. The van der Waals surface area contributed by atoms with Crippen LogP contribution in [0, 0.1) is 0 Å². The highest BCUT2D eigenvalue weighted by atomic mass is 15.3. The van der Waals surface area contributed by atoms with Gasteiger partial charge in [0.15, 0.2) is 0 Å². The van der Waals surface area contributed by atoms with Crippen molar-refractivity contribution in [2.75, 3.05) is 36.5 Å². The molecule has 0 bridgehead atoms. The maximum absolute atomic E-state index is 4.58. The average Bonchev–Trinajstić information content (AvgIpc) is 3.15. The third-order valence-corrected chi connectivity index (χ3v) is 5.13. The molecule has 3 heterocycles. The Morgan fingerprint density at radius 1 is 1.00 bits per heavy atom. The topological polar surface area (TPSA) is 32.3 Å². The minimum Gasteiger partial charge on any atom is -0.373 e. The van der Waals surface area contributed by atoms with Crippen LogP contribution in [0.25, 0.3) is 11.1 Å². The van der Waals surface area contributed by atoms with Crippen LogP contribution in [0.1, 0.15) is 32.3 Å². The van der Waals surface area contributed by atoms with E-state index in [1.54, 1.807) is 0 Å². The van der Waals surface area contributed by atoms with E-state index in [9.17, 15) is 0 Å². The van der Waals surface area contributed by atoms with Crippen LogP contribution < -0.4 is 9.80 Å². The van der Waals surface area contributed by atoms with Crippen molar-refractivity contribution in [1.29, 1.82) is 0 Å². The van der Waals surface area contributed by atoms with Crippen molar-refractivity contribution in [3.05, 3.63) is 36.2 Å². The van der Waals surface area contributed by atoms with Gasteiger partial charge in [-0.25, -0.2) is 9.97 Å². The minimum atomic E-state index is 0.221. The number of rotatable bonds is 2. The predicted octanol–water partition coefficient (Wildman–Crippen LogP) is 3.47. The van der Waals surface area contributed by atoms with Gasteiger partial charge in [-0.1, -0.05) is 26.0 Å². The van der Waals surface area contributed by atoms with Gasteiger partial charge >= 0.3 is 0 Å². The fourth-order valence-corrected chi connectivity index (χ4v) is 3.91. The molecule has 0 atom stereocenters. The zero-order valence-electron chi connectivity index (χ0n) is 14.2. The SMILES string of the molecule is CN1CC(C)(C)c2ccc(-c3cnc(N4CCCC4)nc3)cc21. The molecule has 0 unspecified atom stereocenters. The molecular weight excluding hydrogens is 284 g/mol. The maximum Gasteiger partial charge on any atom is 0.225 e. The zero-order chi connectivity index (χ0) is 16.0. The summed E-state index contributed by atoms with van der Waals surface area (Å²) in [6.45, 7) is 7.85. The lowest BCUT2D eigenvalue weighted by Crippen LogP contribution is -2.24. The highest BCUT2D eigenvalue weighted by molar-refractivity contribution is 5.73. The second-order valence-electron chi connectivity index (χ2n) is 7.44. The largest absolute Gasteiger partial charge is 0.373 e. The molecule has 1 aromatic carbocycles. The lowest BCUT2D eigenvalue weighted by Gasteiger charge is -2.18.